The molecule has 1 aromatic carbocycles. The van der Waals surface area contributed by atoms with Crippen molar-refractivity contribution in [3.8, 4) is 0 Å². The number of nitrogens with two attached hydrogens (primary N) is 1. The second-order valence-electron chi connectivity index (χ2n) is 2.79. The van der Waals surface area contributed by atoms with Crippen molar-refractivity contribution >= 4 is 22.7 Å². The highest BCUT2D eigenvalue weighted by Crippen LogP contribution is 2.21. The fourth-order valence-electron chi connectivity index (χ4n) is 1.13. The van der Waals surface area contributed by atoms with Gasteiger partial charge in [0.15, 0.2) is 5.58 Å². The number of aromatic nitrogens is 1. The van der Waals surface area contributed by atoms with E-state index in [4.69, 9.17) is 10.2 Å². The van der Waals surface area contributed by atoms with Crippen LogP contribution >= 0.6 is 0 Å². The minimum Gasteiger partial charge on any atom is -0.432 e. The Morgan fingerprint density at radius 3 is 2.87 bits per heavy atom. The lowest BCUT2D eigenvalue weighted by molar-refractivity contribution is -0.384. The van der Waals surface area contributed by atoms with Crippen LogP contribution in [0.4, 0.5) is 5.69 Å². The molecule has 0 spiro atoms. The zero-order valence-electron chi connectivity index (χ0n) is 7.34. The SMILES string of the molecule is NC(=O)c1nc2ccc([N+](=O)[O-])cc2o1. The number of primary amides is 1. The highest BCUT2D eigenvalue weighted by atomic mass is 16.6. The van der Waals surface area contributed by atoms with Gasteiger partial charge in [0.25, 0.3) is 11.6 Å². The Morgan fingerprint density at radius 2 is 2.27 bits per heavy atom. The Morgan fingerprint density at radius 1 is 1.53 bits per heavy atom. The second kappa shape index (κ2) is 3.05. The number of nitro groups is 1. The first-order chi connectivity index (χ1) is 7.08. The van der Waals surface area contributed by atoms with E-state index in [1.807, 2.05) is 0 Å². The quantitative estimate of drug-likeness (QED) is 0.578. The van der Waals surface area contributed by atoms with Gasteiger partial charge in [-0.1, -0.05) is 0 Å². The number of benzene rings is 1. The fourth-order valence-corrected chi connectivity index (χ4v) is 1.13. The van der Waals surface area contributed by atoms with Gasteiger partial charge in [-0.3, -0.25) is 14.9 Å². The fraction of sp³-hybridized carbons (Fsp3) is 0. The summed E-state index contributed by atoms with van der Waals surface area (Å²) in [6, 6.07) is 3.85. The van der Waals surface area contributed by atoms with Gasteiger partial charge in [-0.25, -0.2) is 4.98 Å². The lowest BCUT2D eigenvalue weighted by atomic mass is 10.3. The van der Waals surface area contributed by atoms with Crippen LogP contribution in [0.3, 0.4) is 0 Å². The van der Waals surface area contributed by atoms with Crippen LogP contribution in [-0.2, 0) is 0 Å². The standard InChI is InChI=1S/C8H5N3O4/c9-7(12)8-10-5-2-1-4(11(13)14)3-6(5)15-8/h1-3H,(H2,9,12). The van der Waals surface area contributed by atoms with Gasteiger partial charge in [-0.15, -0.1) is 0 Å². The summed E-state index contributed by atoms with van der Waals surface area (Å²) in [5, 5.41) is 10.4. The van der Waals surface area contributed by atoms with Crippen molar-refractivity contribution in [1.82, 2.24) is 4.98 Å². The third-order valence-corrected chi connectivity index (χ3v) is 1.79. The summed E-state index contributed by atoms with van der Waals surface area (Å²) in [4.78, 5) is 24.3. The Kier molecular flexibility index (Phi) is 1.86. The molecule has 2 N–H and O–H groups in total. The van der Waals surface area contributed by atoms with E-state index in [9.17, 15) is 14.9 Å². The maximum atomic E-state index is 10.7. The van der Waals surface area contributed by atoms with Crippen LogP contribution in [0.25, 0.3) is 11.1 Å². The van der Waals surface area contributed by atoms with E-state index < -0.39 is 10.8 Å². The summed E-state index contributed by atoms with van der Waals surface area (Å²) in [5.41, 5.74) is 5.34. The van der Waals surface area contributed by atoms with E-state index in [0.717, 1.165) is 0 Å². The number of nitrogens with zero attached hydrogens (tertiary/aromatic N) is 2. The number of carbonyl (C=O) groups is 1. The number of rotatable bonds is 2. The Balaban J connectivity index is 2.62. The smallest absolute Gasteiger partial charge is 0.304 e. The maximum absolute atomic E-state index is 10.7. The zero-order valence-corrected chi connectivity index (χ0v) is 7.34. The van der Waals surface area contributed by atoms with Gasteiger partial charge < -0.3 is 10.2 Å². The van der Waals surface area contributed by atoms with Gasteiger partial charge >= 0.3 is 5.91 Å². The molecule has 0 saturated heterocycles. The molecule has 0 saturated carbocycles. The monoisotopic (exact) mass is 207 g/mol. The molecule has 7 heteroatoms. The largest absolute Gasteiger partial charge is 0.432 e. The van der Waals surface area contributed by atoms with Crippen molar-refractivity contribution < 1.29 is 14.1 Å². The molecule has 0 atom stereocenters. The van der Waals surface area contributed by atoms with Crippen LogP contribution < -0.4 is 5.73 Å². The Bertz CT molecular complexity index is 548. The number of non-ortho nitro benzene ring substituents is 1. The van der Waals surface area contributed by atoms with Gasteiger partial charge in [0.2, 0.25) is 0 Å². The first-order valence-electron chi connectivity index (χ1n) is 3.93. The van der Waals surface area contributed by atoms with Gasteiger partial charge in [-0.2, -0.15) is 0 Å². The van der Waals surface area contributed by atoms with Crippen molar-refractivity contribution in [2.24, 2.45) is 5.73 Å². The zero-order chi connectivity index (χ0) is 11.0. The molecule has 76 valence electrons. The van der Waals surface area contributed by atoms with Crippen molar-refractivity contribution in [1.29, 1.82) is 0 Å². The van der Waals surface area contributed by atoms with Crippen molar-refractivity contribution in [2.45, 2.75) is 0 Å². The molecule has 0 radical (unpaired) electrons. The third-order valence-electron chi connectivity index (χ3n) is 1.79. The molecule has 15 heavy (non-hydrogen) atoms. The lowest BCUT2D eigenvalue weighted by Crippen LogP contribution is -2.10. The number of oxazole rings is 1. The molecular formula is C8H5N3O4. The van der Waals surface area contributed by atoms with Crippen LogP contribution in [0.2, 0.25) is 0 Å². The normalized spacial score (nSPS) is 10.4. The highest BCUT2D eigenvalue weighted by Gasteiger charge is 2.13. The van der Waals surface area contributed by atoms with E-state index in [-0.39, 0.29) is 17.2 Å². The molecule has 1 aromatic heterocycles. The van der Waals surface area contributed by atoms with Crippen molar-refractivity contribution in [3.63, 3.8) is 0 Å². The second-order valence-corrected chi connectivity index (χ2v) is 2.79. The van der Waals surface area contributed by atoms with Crippen molar-refractivity contribution in [2.75, 3.05) is 0 Å². The van der Waals surface area contributed by atoms with Crippen LogP contribution in [0.5, 0.6) is 0 Å². The molecule has 2 aromatic rings. The first-order valence-corrected chi connectivity index (χ1v) is 3.93. The number of carbonyl (C=O) groups excluding carboxylic acids is 1. The molecule has 1 heterocycles. The number of amides is 1. The molecule has 0 fully saturated rings. The van der Waals surface area contributed by atoms with Crippen molar-refractivity contribution in [3.05, 3.63) is 34.2 Å². The molecular weight excluding hydrogens is 202 g/mol. The Labute approximate surface area is 82.6 Å². The van der Waals surface area contributed by atoms with E-state index >= 15 is 0 Å². The Hall–Kier alpha value is -2.44. The van der Waals surface area contributed by atoms with Gasteiger partial charge in [-0.05, 0) is 6.07 Å². The summed E-state index contributed by atoms with van der Waals surface area (Å²) in [6.45, 7) is 0. The molecule has 1 amide bonds. The van der Waals surface area contributed by atoms with E-state index in [1.54, 1.807) is 0 Å². The lowest BCUT2D eigenvalue weighted by Gasteiger charge is -1.88. The third kappa shape index (κ3) is 1.50. The topological polar surface area (TPSA) is 112 Å². The number of hydrogen-bond acceptors (Lipinski definition) is 5. The van der Waals surface area contributed by atoms with Gasteiger partial charge in [0, 0.05) is 6.07 Å². The van der Waals surface area contributed by atoms with E-state index in [2.05, 4.69) is 4.98 Å². The molecule has 0 unspecified atom stereocenters. The highest BCUT2D eigenvalue weighted by molar-refractivity contribution is 5.91. The van der Waals surface area contributed by atoms with E-state index in [1.165, 1.54) is 18.2 Å². The molecule has 0 aliphatic carbocycles. The summed E-state index contributed by atoms with van der Waals surface area (Å²) in [7, 11) is 0. The number of hydrogen-bond donors (Lipinski definition) is 1. The summed E-state index contributed by atoms with van der Waals surface area (Å²) < 4.78 is 4.93. The van der Waals surface area contributed by atoms with E-state index in [0.29, 0.717) is 5.52 Å². The molecule has 7 nitrogen and oxygen atoms in total. The van der Waals surface area contributed by atoms with Gasteiger partial charge in [0.1, 0.15) is 5.52 Å². The maximum Gasteiger partial charge on any atom is 0.304 e. The average molecular weight is 207 g/mol. The first kappa shape index (κ1) is 9.13. The minimum absolute atomic E-state index is 0.130. The molecule has 0 bridgehead atoms. The van der Waals surface area contributed by atoms with Crippen LogP contribution in [0, 0.1) is 10.1 Å². The average Bonchev–Trinajstić information content (AvgIpc) is 2.59. The van der Waals surface area contributed by atoms with Crippen LogP contribution in [0.15, 0.2) is 22.6 Å². The van der Waals surface area contributed by atoms with Crippen LogP contribution in [0.1, 0.15) is 10.7 Å². The molecule has 0 aliphatic rings. The summed E-state index contributed by atoms with van der Waals surface area (Å²) in [5.74, 6) is -1.07. The molecule has 2 rings (SSSR count). The summed E-state index contributed by atoms with van der Waals surface area (Å²) >= 11 is 0. The van der Waals surface area contributed by atoms with Gasteiger partial charge in [0.05, 0.1) is 11.0 Å². The van der Waals surface area contributed by atoms with Crippen LogP contribution in [-0.4, -0.2) is 15.8 Å². The minimum atomic E-state index is -0.811. The summed E-state index contributed by atoms with van der Waals surface area (Å²) in [6.07, 6.45) is 0. The predicted octanol–water partition coefficient (Wildman–Crippen LogP) is 0.835. The number of nitro benzene ring substituents is 1. The number of fused-ring (bicyclic) bond motifs is 1. The molecule has 0 aliphatic heterocycles. The predicted molar refractivity (Wildman–Crippen MR) is 49.2 cm³/mol.